The molecule has 0 aliphatic heterocycles. The highest BCUT2D eigenvalue weighted by Crippen LogP contribution is 2.32. The van der Waals surface area contributed by atoms with Crippen molar-refractivity contribution < 1.29 is 20.1 Å². The van der Waals surface area contributed by atoms with Crippen molar-refractivity contribution in [2.24, 2.45) is 0 Å². The second kappa shape index (κ2) is 3.67. The van der Waals surface area contributed by atoms with Crippen LogP contribution >= 0.6 is 0 Å². The zero-order valence-corrected chi connectivity index (χ0v) is 8.14. The molecule has 78 valence electrons. The maximum Gasteiger partial charge on any atom is 0.310 e. The summed E-state index contributed by atoms with van der Waals surface area (Å²) in [7, 11) is 1.30. The van der Waals surface area contributed by atoms with Crippen LogP contribution in [0.5, 0.6) is 0 Å². The molecule has 0 spiro atoms. The molecule has 0 bridgehead atoms. The van der Waals surface area contributed by atoms with Crippen LogP contribution in [0.25, 0.3) is 0 Å². The van der Waals surface area contributed by atoms with Gasteiger partial charge in [-0.2, -0.15) is 0 Å². The van der Waals surface area contributed by atoms with Crippen LogP contribution in [0.3, 0.4) is 0 Å². The van der Waals surface area contributed by atoms with Gasteiger partial charge in [-0.15, -0.1) is 0 Å². The highest BCUT2D eigenvalue weighted by molar-refractivity contribution is 5.23. The molecule has 4 nitrogen and oxygen atoms in total. The molecule has 1 unspecified atom stereocenters. The fourth-order valence-corrected chi connectivity index (χ4v) is 1.20. The van der Waals surface area contributed by atoms with Gasteiger partial charge in [0.1, 0.15) is 0 Å². The lowest BCUT2D eigenvalue weighted by Crippen LogP contribution is -2.51. The zero-order valence-electron chi connectivity index (χ0n) is 8.14. The van der Waals surface area contributed by atoms with Crippen LogP contribution in [0.1, 0.15) is 12.5 Å². The van der Waals surface area contributed by atoms with Crippen molar-refractivity contribution in [3.05, 3.63) is 35.9 Å². The van der Waals surface area contributed by atoms with E-state index in [0.717, 1.165) is 0 Å². The standard InChI is InChI=1S/C10H14O4/c1-9(14-2,10(11,12)13)8-6-4-3-5-7-8/h3-7,11-13H,1-2H3. The molecule has 0 saturated heterocycles. The van der Waals surface area contributed by atoms with Crippen molar-refractivity contribution in [1.82, 2.24) is 0 Å². The lowest BCUT2D eigenvalue weighted by Gasteiger charge is -2.35. The highest BCUT2D eigenvalue weighted by atomic mass is 16.7. The Bertz CT molecular complexity index is 291. The number of rotatable bonds is 3. The van der Waals surface area contributed by atoms with E-state index in [4.69, 9.17) is 4.74 Å². The Labute approximate surface area is 82.4 Å². The van der Waals surface area contributed by atoms with Gasteiger partial charge >= 0.3 is 5.97 Å². The molecule has 1 aromatic rings. The summed E-state index contributed by atoms with van der Waals surface area (Å²) in [5.74, 6) is -2.91. The van der Waals surface area contributed by atoms with Crippen molar-refractivity contribution in [1.29, 1.82) is 0 Å². The summed E-state index contributed by atoms with van der Waals surface area (Å²) in [5.41, 5.74) is -1.08. The van der Waals surface area contributed by atoms with Crippen LogP contribution in [0.2, 0.25) is 0 Å². The van der Waals surface area contributed by atoms with Crippen LogP contribution in [0.15, 0.2) is 30.3 Å². The summed E-state index contributed by atoms with van der Waals surface area (Å²) in [6, 6.07) is 8.51. The van der Waals surface area contributed by atoms with Crippen LogP contribution < -0.4 is 0 Å². The smallest absolute Gasteiger partial charge is 0.310 e. The second-order valence-corrected chi connectivity index (χ2v) is 3.24. The van der Waals surface area contributed by atoms with Gasteiger partial charge in [-0.3, -0.25) is 0 Å². The van der Waals surface area contributed by atoms with Crippen molar-refractivity contribution >= 4 is 0 Å². The molecule has 1 atom stereocenters. The zero-order chi connectivity index (χ0) is 10.8. The number of methoxy groups -OCH3 is 1. The van der Waals surface area contributed by atoms with E-state index in [9.17, 15) is 15.3 Å². The van der Waals surface area contributed by atoms with E-state index in [-0.39, 0.29) is 0 Å². The Morgan fingerprint density at radius 1 is 1.07 bits per heavy atom. The average molecular weight is 198 g/mol. The third kappa shape index (κ3) is 1.78. The van der Waals surface area contributed by atoms with Crippen molar-refractivity contribution in [2.45, 2.75) is 18.5 Å². The van der Waals surface area contributed by atoms with Gasteiger partial charge in [-0.25, -0.2) is 0 Å². The third-order valence-electron chi connectivity index (χ3n) is 2.37. The van der Waals surface area contributed by atoms with E-state index in [1.54, 1.807) is 30.3 Å². The molecular weight excluding hydrogens is 184 g/mol. The van der Waals surface area contributed by atoms with Gasteiger partial charge in [0.05, 0.1) is 0 Å². The first-order chi connectivity index (χ1) is 6.42. The Kier molecular flexibility index (Phi) is 2.92. The highest BCUT2D eigenvalue weighted by Gasteiger charge is 2.46. The molecule has 4 heteroatoms. The van der Waals surface area contributed by atoms with Gasteiger partial charge in [0.15, 0.2) is 5.60 Å². The molecule has 1 aromatic carbocycles. The largest absolute Gasteiger partial charge is 0.365 e. The predicted molar refractivity (Wildman–Crippen MR) is 50.2 cm³/mol. The SMILES string of the molecule is COC(C)(c1ccccc1)C(O)(O)O. The summed E-state index contributed by atoms with van der Waals surface area (Å²) in [6.07, 6.45) is 0. The summed E-state index contributed by atoms with van der Waals surface area (Å²) >= 11 is 0. The summed E-state index contributed by atoms with van der Waals surface area (Å²) < 4.78 is 4.94. The number of benzene rings is 1. The van der Waals surface area contributed by atoms with E-state index in [2.05, 4.69) is 0 Å². The van der Waals surface area contributed by atoms with Crippen LogP contribution in [-0.2, 0) is 10.3 Å². The predicted octanol–water partition coefficient (Wildman–Crippen LogP) is 0.179. The molecule has 0 heterocycles. The summed E-state index contributed by atoms with van der Waals surface area (Å²) in [6.45, 7) is 1.39. The third-order valence-corrected chi connectivity index (χ3v) is 2.37. The first-order valence-corrected chi connectivity index (χ1v) is 4.19. The maximum atomic E-state index is 9.18. The normalized spacial score (nSPS) is 16.4. The second-order valence-electron chi connectivity index (χ2n) is 3.24. The number of hydrogen-bond donors (Lipinski definition) is 3. The van der Waals surface area contributed by atoms with Gasteiger partial charge in [0, 0.05) is 7.11 Å². The average Bonchev–Trinajstić information content (AvgIpc) is 2.16. The molecule has 1 rings (SSSR count). The van der Waals surface area contributed by atoms with E-state index in [0.29, 0.717) is 5.56 Å². The van der Waals surface area contributed by atoms with E-state index >= 15 is 0 Å². The van der Waals surface area contributed by atoms with Gasteiger partial charge in [-0.1, -0.05) is 30.3 Å². The Morgan fingerprint density at radius 2 is 1.57 bits per heavy atom. The van der Waals surface area contributed by atoms with E-state index in [1.807, 2.05) is 0 Å². The molecule has 0 fully saturated rings. The monoisotopic (exact) mass is 198 g/mol. The first kappa shape index (κ1) is 11.1. The van der Waals surface area contributed by atoms with Crippen molar-refractivity contribution in [2.75, 3.05) is 7.11 Å². The minimum Gasteiger partial charge on any atom is -0.365 e. The van der Waals surface area contributed by atoms with Crippen LogP contribution in [-0.4, -0.2) is 28.4 Å². The summed E-state index contributed by atoms with van der Waals surface area (Å²) in [4.78, 5) is 0. The molecule has 3 N–H and O–H groups in total. The van der Waals surface area contributed by atoms with E-state index < -0.39 is 11.6 Å². The Balaban J connectivity index is 3.15. The summed E-state index contributed by atoms with van der Waals surface area (Å²) in [5, 5.41) is 27.5. The van der Waals surface area contributed by atoms with Crippen molar-refractivity contribution in [3.63, 3.8) is 0 Å². The van der Waals surface area contributed by atoms with E-state index in [1.165, 1.54) is 14.0 Å². The molecule has 0 aliphatic rings. The number of hydrogen-bond acceptors (Lipinski definition) is 4. The lowest BCUT2D eigenvalue weighted by atomic mass is 9.93. The maximum absolute atomic E-state index is 9.18. The van der Waals surface area contributed by atoms with Crippen LogP contribution in [0, 0.1) is 0 Å². The molecule has 0 aliphatic carbocycles. The number of aliphatic hydroxyl groups is 3. The first-order valence-electron chi connectivity index (χ1n) is 4.19. The number of ether oxygens (including phenoxy) is 1. The van der Waals surface area contributed by atoms with Gasteiger partial charge in [0.25, 0.3) is 0 Å². The molecule has 0 amide bonds. The Morgan fingerprint density at radius 3 is 1.93 bits per heavy atom. The van der Waals surface area contributed by atoms with Gasteiger partial charge in [-0.05, 0) is 12.5 Å². The molecule has 14 heavy (non-hydrogen) atoms. The quantitative estimate of drug-likeness (QED) is 0.606. The van der Waals surface area contributed by atoms with Gasteiger partial charge in [0.2, 0.25) is 0 Å². The molecule has 0 saturated carbocycles. The van der Waals surface area contributed by atoms with Gasteiger partial charge < -0.3 is 20.1 Å². The topological polar surface area (TPSA) is 69.9 Å². The lowest BCUT2D eigenvalue weighted by molar-refractivity contribution is -0.396. The minimum absolute atomic E-state index is 0.481. The van der Waals surface area contributed by atoms with Crippen molar-refractivity contribution in [3.8, 4) is 0 Å². The molecule has 0 aromatic heterocycles. The molecular formula is C10H14O4. The minimum atomic E-state index is -2.91. The van der Waals surface area contributed by atoms with Crippen LogP contribution in [0.4, 0.5) is 0 Å². The fourth-order valence-electron chi connectivity index (χ4n) is 1.20. The Hall–Kier alpha value is -0.940. The fraction of sp³-hybridized carbons (Fsp3) is 0.400. The molecule has 0 radical (unpaired) electrons.